The SMILES string of the molecule is CCNCC1(CNC)c2cc(C3CCCC3)ccc2-c2ccc(C3CCCC3)cc21. The summed E-state index contributed by atoms with van der Waals surface area (Å²) in [7, 11) is 2.12. The Hall–Kier alpha value is -1.64. The first-order valence-corrected chi connectivity index (χ1v) is 12.4. The van der Waals surface area contributed by atoms with Crippen LogP contribution in [0, 0.1) is 0 Å². The van der Waals surface area contributed by atoms with Gasteiger partial charge in [-0.15, -0.1) is 0 Å². The summed E-state index contributed by atoms with van der Waals surface area (Å²) in [6, 6.07) is 14.9. The molecule has 0 radical (unpaired) electrons. The molecule has 2 N–H and O–H groups in total. The van der Waals surface area contributed by atoms with E-state index in [4.69, 9.17) is 0 Å². The normalized spacial score (nSPS) is 20.6. The minimum absolute atomic E-state index is 0.0264. The Bertz CT molecular complexity index is 822. The molecule has 0 amide bonds. The lowest BCUT2D eigenvalue weighted by Crippen LogP contribution is -2.45. The molecule has 2 fully saturated rings. The van der Waals surface area contributed by atoms with Gasteiger partial charge in [0.15, 0.2) is 0 Å². The molecule has 2 nitrogen and oxygen atoms in total. The Kier molecular flexibility index (Phi) is 5.73. The maximum Gasteiger partial charge on any atom is 0.0463 e. The van der Waals surface area contributed by atoms with Crippen molar-refractivity contribution in [1.29, 1.82) is 0 Å². The average molecular weight is 403 g/mol. The highest BCUT2D eigenvalue weighted by Gasteiger charge is 2.43. The van der Waals surface area contributed by atoms with Crippen LogP contribution in [0.4, 0.5) is 0 Å². The van der Waals surface area contributed by atoms with Crippen LogP contribution in [0.1, 0.15) is 92.4 Å². The highest BCUT2D eigenvalue weighted by Crippen LogP contribution is 2.51. The van der Waals surface area contributed by atoms with Crippen LogP contribution >= 0.6 is 0 Å². The summed E-state index contributed by atoms with van der Waals surface area (Å²) in [4.78, 5) is 0. The van der Waals surface area contributed by atoms with Crippen LogP contribution in [0.2, 0.25) is 0 Å². The van der Waals surface area contributed by atoms with E-state index in [2.05, 4.69) is 61.0 Å². The molecule has 0 saturated heterocycles. The molecule has 2 saturated carbocycles. The second-order valence-corrected chi connectivity index (χ2v) is 9.97. The molecular weight excluding hydrogens is 364 g/mol. The Morgan fingerprint density at radius 3 is 1.70 bits per heavy atom. The summed E-state index contributed by atoms with van der Waals surface area (Å²) < 4.78 is 0. The van der Waals surface area contributed by atoms with Crippen molar-refractivity contribution >= 4 is 0 Å². The fourth-order valence-electron chi connectivity index (χ4n) is 6.64. The number of nitrogens with one attached hydrogen (secondary N) is 2. The van der Waals surface area contributed by atoms with Gasteiger partial charge >= 0.3 is 0 Å². The maximum absolute atomic E-state index is 3.74. The number of hydrogen-bond donors (Lipinski definition) is 2. The van der Waals surface area contributed by atoms with E-state index >= 15 is 0 Å². The van der Waals surface area contributed by atoms with E-state index in [0.717, 1.165) is 31.5 Å². The van der Waals surface area contributed by atoms with Crippen LogP contribution in [0.15, 0.2) is 36.4 Å². The van der Waals surface area contributed by atoms with E-state index in [9.17, 15) is 0 Å². The first-order chi connectivity index (χ1) is 14.8. The molecule has 2 heteroatoms. The number of fused-ring (bicyclic) bond motifs is 3. The Balaban J connectivity index is 1.64. The molecule has 3 aliphatic carbocycles. The fraction of sp³-hybridized carbons (Fsp3) is 0.571. The topological polar surface area (TPSA) is 24.1 Å². The Morgan fingerprint density at radius 1 is 0.767 bits per heavy atom. The summed E-state index contributed by atoms with van der Waals surface area (Å²) in [6.07, 6.45) is 11.0. The summed E-state index contributed by atoms with van der Waals surface area (Å²) in [5, 5.41) is 7.31. The van der Waals surface area contributed by atoms with Gasteiger partial charge in [0, 0.05) is 18.5 Å². The third-order valence-corrected chi connectivity index (χ3v) is 8.22. The highest BCUT2D eigenvalue weighted by atomic mass is 14.9. The van der Waals surface area contributed by atoms with Crippen LogP contribution in [0.5, 0.6) is 0 Å². The zero-order valence-electron chi connectivity index (χ0n) is 18.9. The number of rotatable bonds is 7. The van der Waals surface area contributed by atoms with E-state index in [-0.39, 0.29) is 5.41 Å². The minimum atomic E-state index is 0.0264. The van der Waals surface area contributed by atoms with Gasteiger partial charge in [0.2, 0.25) is 0 Å². The lowest BCUT2D eigenvalue weighted by atomic mass is 9.76. The van der Waals surface area contributed by atoms with Gasteiger partial charge < -0.3 is 10.6 Å². The summed E-state index contributed by atoms with van der Waals surface area (Å²) in [5.74, 6) is 1.53. The molecule has 3 aliphatic rings. The van der Waals surface area contributed by atoms with E-state index in [1.54, 1.807) is 22.3 Å². The molecule has 0 aromatic heterocycles. The molecule has 0 unspecified atom stereocenters. The van der Waals surface area contributed by atoms with Crippen LogP contribution in [0.25, 0.3) is 11.1 Å². The molecule has 0 bridgehead atoms. The molecule has 30 heavy (non-hydrogen) atoms. The van der Waals surface area contributed by atoms with Gasteiger partial charge in [0.1, 0.15) is 0 Å². The molecule has 5 rings (SSSR count). The van der Waals surface area contributed by atoms with Crippen molar-refractivity contribution in [3.63, 3.8) is 0 Å². The van der Waals surface area contributed by atoms with E-state index in [1.807, 2.05) is 0 Å². The molecule has 0 heterocycles. The van der Waals surface area contributed by atoms with Crippen LogP contribution in [-0.4, -0.2) is 26.7 Å². The number of hydrogen-bond acceptors (Lipinski definition) is 2. The lowest BCUT2D eigenvalue weighted by molar-refractivity contribution is 0.458. The van der Waals surface area contributed by atoms with Gasteiger partial charge in [-0.2, -0.15) is 0 Å². The van der Waals surface area contributed by atoms with Crippen LogP contribution in [-0.2, 0) is 5.41 Å². The van der Waals surface area contributed by atoms with Crippen molar-refractivity contribution in [1.82, 2.24) is 10.6 Å². The van der Waals surface area contributed by atoms with Crippen LogP contribution < -0.4 is 10.6 Å². The predicted octanol–water partition coefficient (Wildman–Crippen LogP) is 6.10. The first kappa shape index (κ1) is 20.3. The molecule has 160 valence electrons. The largest absolute Gasteiger partial charge is 0.318 e. The van der Waals surface area contributed by atoms with Crippen LogP contribution in [0.3, 0.4) is 0 Å². The molecule has 0 aliphatic heterocycles. The van der Waals surface area contributed by atoms with Crippen molar-refractivity contribution in [2.75, 3.05) is 26.7 Å². The Morgan fingerprint density at radius 2 is 1.27 bits per heavy atom. The van der Waals surface area contributed by atoms with E-state index in [0.29, 0.717) is 0 Å². The number of benzene rings is 2. The quantitative estimate of drug-likeness (QED) is 0.585. The lowest BCUT2D eigenvalue weighted by Gasteiger charge is -2.33. The van der Waals surface area contributed by atoms with Crippen molar-refractivity contribution in [2.24, 2.45) is 0 Å². The fourth-order valence-corrected chi connectivity index (χ4v) is 6.64. The van der Waals surface area contributed by atoms with E-state index < -0.39 is 0 Å². The zero-order chi connectivity index (χ0) is 20.6. The summed E-state index contributed by atoms with van der Waals surface area (Å²) >= 11 is 0. The van der Waals surface area contributed by atoms with Gasteiger partial charge in [-0.25, -0.2) is 0 Å². The van der Waals surface area contributed by atoms with Gasteiger partial charge in [0.05, 0.1) is 0 Å². The molecule has 2 aromatic rings. The molecule has 0 atom stereocenters. The zero-order valence-corrected chi connectivity index (χ0v) is 18.9. The molecular formula is C28H38N2. The monoisotopic (exact) mass is 402 g/mol. The van der Waals surface area contributed by atoms with Gasteiger partial charge in [0.25, 0.3) is 0 Å². The standard InChI is InChI=1S/C28H38N2/c1-3-30-19-28(18-29-2)26-16-22(20-8-4-5-9-20)12-14-24(26)25-15-13-23(17-27(25)28)21-10-6-7-11-21/h12-17,20-21,29-30H,3-11,18-19H2,1-2H3. The highest BCUT2D eigenvalue weighted by molar-refractivity contribution is 5.82. The van der Waals surface area contributed by atoms with Crippen molar-refractivity contribution in [3.05, 3.63) is 58.7 Å². The van der Waals surface area contributed by atoms with E-state index in [1.165, 1.54) is 62.5 Å². The smallest absolute Gasteiger partial charge is 0.0463 e. The predicted molar refractivity (Wildman–Crippen MR) is 128 cm³/mol. The summed E-state index contributed by atoms with van der Waals surface area (Å²) in [5.41, 5.74) is 9.23. The van der Waals surface area contributed by atoms with Crippen molar-refractivity contribution in [3.8, 4) is 11.1 Å². The first-order valence-electron chi connectivity index (χ1n) is 12.4. The third kappa shape index (κ3) is 3.33. The van der Waals surface area contributed by atoms with Gasteiger partial charge in [-0.05, 0) is 84.5 Å². The van der Waals surface area contributed by atoms with Crippen molar-refractivity contribution in [2.45, 2.75) is 75.5 Å². The second-order valence-electron chi connectivity index (χ2n) is 9.97. The third-order valence-electron chi connectivity index (χ3n) is 8.22. The Labute approximate surface area is 182 Å². The molecule has 2 aromatic carbocycles. The second kappa shape index (κ2) is 8.48. The molecule has 0 spiro atoms. The number of likely N-dealkylation sites (N-methyl/N-ethyl adjacent to an activating group) is 2. The summed E-state index contributed by atoms with van der Waals surface area (Å²) in [6.45, 7) is 5.24. The maximum atomic E-state index is 3.74. The minimum Gasteiger partial charge on any atom is -0.318 e. The van der Waals surface area contributed by atoms with Crippen molar-refractivity contribution < 1.29 is 0 Å². The average Bonchev–Trinajstić information content (AvgIpc) is 3.53. The van der Waals surface area contributed by atoms with Gasteiger partial charge in [-0.3, -0.25) is 0 Å². The van der Waals surface area contributed by atoms with Gasteiger partial charge in [-0.1, -0.05) is 69.0 Å².